The Hall–Kier alpha value is -2.42. The molecule has 3 heteroatoms. The Labute approximate surface area is 111 Å². The number of benzene rings is 2. The lowest BCUT2D eigenvalue weighted by atomic mass is 10.0. The van der Waals surface area contributed by atoms with Gasteiger partial charge in [0.1, 0.15) is 0 Å². The Morgan fingerprint density at radius 1 is 1.00 bits per heavy atom. The van der Waals surface area contributed by atoms with Crippen LogP contribution in [0.25, 0.3) is 22.0 Å². The second kappa shape index (κ2) is 3.79. The van der Waals surface area contributed by atoms with Crippen LogP contribution in [-0.4, -0.2) is 11.4 Å². The third kappa shape index (κ3) is 1.51. The first kappa shape index (κ1) is 10.5. The number of rotatable bonds is 1. The van der Waals surface area contributed by atoms with Gasteiger partial charge in [0.15, 0.2) is 11.5 Å². The SMILES string of the molecule is Cn1cc(-c2ccc3c(c2)OCO3)c2ccccc21. The van der Waals surface area contributed by atoms with E-state index in [9.17, 15) is 0 Å². The number of ether oxygens (including phenoxy) is 2. The van der Waals surface area contributed by atoms with Crippen LogP contribution in [0.5, 0.6) is 11.5 Å². The third-order valence-electron chi connectivity index (χ3n) is 3.58. The predicted octanol–water partition coefficient (Wildman–Crippen LogP) is 3.57. The fourth-order valence-corrected chi connectivity index (χ4v) is 2.64. The zero-order chi connectivity index (χ0) is 12.8. The van der Waals surface area contributed by atoms with E-state index < -0.39 is 0 Å². The molecule has 0 aliphatic carbocycles. The highest BCUT2D eigenvalue weighted by molar-refractivity contribution is 5.96. The van der Waals surface area contributed by atoms with E-state index >= 15 is 0 Å². The van der Waals surface area contributed by atoms with Crippen LogP contribution >= 0.6 is 0 Å². The van der Waals surface area contributed by atoms with Gasteiger partial charge in [-0.15, -0.1) is 0 Å². The van der Waals surface area contributed by atoms with Crippen molar-refractivity contribution in [3.8, 4) is 22.6 Å². The van der Waals surface area contributed by atoms with Gasteiger partial charge in [0.05, 0.1) is 0 Å². The molecular formula is C16H13NO2. The fraction of sp³-hybridized carbons (Fsp3) is 0.125. The van der Waals surface area contributed by atoms with Gasteiger partial charge in [0.2, 0.25) is 6.79 Å². The number of aryl methyl sites for hydroxylation is 1. The molecule has 0 unspecified atom stereocenters. The van der Waals surface area contributed by atoms with Crippen molar-refractivity contribution in [3.63, 3.8) is 0 Å². The first-order valence-electron chi connectivity index (χ1n) is 6.27. The highest BCUT2D eigenvalue weighted by Gasteiger charge is 2.15. The zero-order valence-electron chi connectivity index (χ0n) is 10.6. The molecule has 0 amide bonds. The number of hydrogen-bond donors (Lipinski definition) is 0. The molecule has 0 radical (unpaired) electrons. The first-order chi connectivity index (χ1) is 9.33. The van der Waals surface area contributed by atoms with E-state index in [0.29, 0.717) is 6.79 Å². The van der Waals surface area contributed by atoms with Crippen molar-refractivity contribution in [2.24, 2.45) is 7.05 Å². The topological polar surface area (TPSA) is 23.4 Å². The molecule has 1 aromatic heterocycles. The smallest absolute Gasteiger partial charge is 0.231 e. The van der Waals surface area contributed by atoms with Crippen molar-refractivity contribution in [3.05, 3.63) is 48.7 Å². The minimum Gasteiger partial charge on any atom is -0.454 e. The van der Waals surface area contributed by atoms with E-state index in [1.807, 2.05) is 12.1 Å². The van der Waals surface area contributed by atoms with Gasteiger partial charge in [0, 0.05) is 29.7 Å². The molecule has 94 valence electrons. The normalized spacial score (nSPS) is 13.1. The largest absolute Gasteiger partial charge is 0.454 e. The monoisotopic (exact) mass is 251 g/mol. The molecule has 3 nitrogen and oxygen atoms in total. The molecule has 0 spiro atoms. The quantitative estimate of drug-likeness (QED) is 0.660. The van der Waals surface area contributed by atoms with Crippen LogP contribution in [0, 0.1) is 0 Å². The van der Waals surface area contributed by atoms with E-state index in [0.717, 1.165) is 17.1 Å². The number of fused-ring (bicyclic) bond motifs is 2. The number of para-hydroxylation sites is 1. The van der Waals surface area contributed by atoms with Gasteiger partial charge in [-0.05, 0) is 23.8 Å². The molecule has 0 N–H and O–H groups in total. The van der Waals surface area contributed by atoms with Crippen LogP contribution in [0.2, 0.25) is 0 Å². The lowest BCUT2D eigenvalue weighted by Crippen LogP contribution is -1.92. The number of hydrogen-bond acceptors (Lipinski definition) is 2. The standard InChI is InChI=1S/C16H13NO2/c1-17-9-13(12-4-2-3-5-14(12)17)11-6-7-15-16(8-11)19-10-18-15/h2-9H,10H2,1H3. The van der Waals surface area contributed by atoms with Crippen molar-refractivity contribution in [2.45, 2.75) is 0 Å². The van der Waals surface area contributed by atoms with Crippen LogP contribution in [0.3, 0.4) is 0 Å². The Morgan fingerprint density at radius 3 is 2.79 bits per heavy atom. The van der Waals surface area contributed by atoms with E-state index in [4.69, 9.17) is 9.47 Å². The van der Waals surface area contributed by atoms with E-state index in [-0.39, 0.29) is 0 Å². The second-order valence-corrected chi connectivity index (χ2v) is 4.74. The van der Waals surface area contributed by atoms with Gasteiger partial charge in [-0.25, -0.2) is 0 Å². The lowest BCUT2D eigenvalue weighted by molar-refractivity contribution is 0.174. The minimum atomic E-state index is 0.314. The summed E-state index contributed by atoms with van der Waals surface area (Å²) in [4.78, 5) is 0. The second-order valence-electron chi connectivity index (χ2n) is 4.74. The molecule has 2 aromatic carbocycles. The summed E-state index contributed by atoms with van der Waals surface area (Å²) in [6.45, 7) is 0.314. The summed E-state index contributed by atoms with van der Waals surface area (Å²) in [6, 6.07) is 14.5. The highest BCUT2D eigenvalue weighted by Crippen LogP contribution is 2.38. The van der Waals surface area contributed by atoms with Crippen LogP contribution < -0.4 is 9.47 Å². The molecule has 0 fully saturated rings. The van der Waals surface area contributed by atoms with Crippen molar-refractivity contribution in [2.75, 3.05) is 6.79 Å². The maximum absolute atomic E-state index is 5.45. The van der Waals surface area contributed by atoms with Crippen LogP contribution in [0.4, 0.5) is 0 Å². The van der Waals surface area contributed by atoms with Crippen molar-refractivity contribution < 1.29 is 9.47 Å². The molecule has 1 aliphatic rings. The van der Waals surface area contributed by atoms with Crippen LogP contribution in [-0.2, 0) is 7.05 Å². The molecule has 19 heavy (non-hydrogen) atoms. The van der Waals surface area contributed by atoms with Gasteiger partial charge >= 0.3 is 0 Å². The highest BCUT2D eigenvalue weighted by atomic mass is 16.7. The zero-order valence-corrected chi connectivity index (χ0v) is 10.6. The average Bonchev–Trinajstić information content (AvgIpc) is 3.03. The Kier molecular flexibility index (Phi) is 2.09. The van der Waals surface area contributed by atoms with E-state index in [2.05, 4.69) is 48.1 Å². The maximum Gasteiger partial charge on any atom is 0.231 e. The molecule has 0 bridgehead atoms. The summed E-state index contributed by atoms with van der Waals surface area (Å²) in [5.74, 6) is 1.65. The van der Waals surface area contributed by atoms with Crippen molar-refractivity contribution in [1.29, 1.82) is 0 Å². The molecular weight excluding hydrogens is 238 g/mol. The maximum atomic E-state index is 5.45. The summed E-state index contributed by atoms with van der Waals surface area (Å²) in [5, 5.41) is 1.25. The molecule has 0 saturated carbocycles. The Morgan fingerprint density at radius 2 is 1.84 bits per heavy atom. The van der Waals surface area contributed by atoms with E-state index in [1.54, 1.807) is 0 Å². The summed E-state index contributed by atoms with van der Waals surface area (Å²) in [6.07, 6.45) is 2.15. The summed E-state index contributed by atoms with van der Waals surface area (Å²) in [5.41, 5.74) is 3.60. The van der Waals surface area contributed by atoms with Crippen LogP contribution in [0.1, 0.15) is 0 Å². The van der Waals surface area contributed by atoms with Gasteiger partial charge in [-0.3, -0.25) is 0 Å². The minimum absolute atomic E-state index is 0.314. The number of aromatic nitrogens is 1. The summed E-state index contributed by atoms with van der Waals surface area (Å²) in [7, 11) is 2.07. The Balaban J connectivity index is 1.95. The lowest BCUT2D eigenvalue weighted by Gasteiger charge is -2.01. The molecule has 1 aliphatic heterocycles. The van der Waals surface area contributed by atoms with E-state index in [1.165, 1.54) is 16.5 Å². The first-order valence-corrected chi connectivity index (χ1v) is 6.27. The average molecular weight is 251 g/mol. The molecule has 0 saturated heterocycles. The third-order valence-corrected chi connectivity index (χ3v) is 3.58. The summed E-state index contributed by atoms with van der Waals surface area (Å²) < 4.78 is 13.0. The van der Waals surface area contributed by atoms with Crippen molar-refractivity contribution in [1.82, 2.24) is 4.57 Å². The number of nitrogens with zero attached hydrogens (tertiary/aromatic N) is 1. The predicted molar refractivity (Wildman–Crippen MR) is 74.5 cm³/mol. The van der Waals surface area contributed by atoms with Gasteiger partial charge < -0.3 is 14.0 Å². The summed E-state index contributed by atoms with van der Waals surface area (Å²) >= 11 is 0. The van der Waals surface area contributed by atoms with Gasteiger partial charge in [-0.1, -0.05) is 24.3 Å². The van der Waals surface area contributed by atoms with Crippen molar-refractivity contribution >= 4 is 10.9 Å². The van der Waals surface area contributed by atoms with Gasteiger partial charge in [-0.2, -0.15) is 0 Å². The molecule has 4 rings (SSSR count). The van der Waals surface area contributed by atoms with Crippen LogP contribution in [0.15, 0.2) is 48.7 Å². The fourth-order valence-electron chi connectivity index (χ4n) is 2.64. The van der Waals surface area contributed by atoms with Gasteiger partial charge in [0.25, 0.3) is 0 Å². The molecule has 3 aromatic rings. The Bertz CT molecular complexity index is 774. The molecule has 2 heterocycles. The molecule has 0 atom stereocenters.